The Bertz CT molecular complexity index is 271. The Balaban J connectivity index is 3.03. The van der Waals surface area contributed by atoms with Crippen molar-refractivity contribution in [1.82, 2.24) is 0 Å². The number of hydrogen-bond donors (Lipinski definition) is 1. The van der Waals surface area contributed by atoms with Gasteiger partial charge in [0.2, 0.25) is 0 Å². The summed E-state index contributed by atoms with van der Waals surface area (Å²) in [5, 5.41) is 8.40. The molecule has 0 spiro atoms. The predicted molar refractivity (Wildman–Crippen MR) is 37.8 cm³/mol. The SMILES string of the molecule is O=C(CO)c1ccccc1F. The summed E-state index contributed by atoms with van der Waals surface area (Å²) in [4.78, 5) is 10.7. The largest absolute Gasteiger partial charge is 0.388 e. The normalized spacial score (nSPS) is 9.64. The maximum Gasteiger partial charge on any atom is 0.191 e. The highest BCUT2D eigenvalue weighted by Crippen LogP contribution is 2.06. The molecule has 3 heteroatoms. The number of benzene rings is 1. The first kappa shape index (κ1) is 7.88. The van der Waals surface area contributed by atoms with Gasteiger partial charge in [-0.15, -0.1) is 0 Å². The summed E-state index contributed by atoms with van der Waals surface area (Å²) in [6.45, 7) is -0.652. The fraction of sp³-hybridized carbons (Fsp3) is 0.125. The quantitative estimate of drug-likeness (QED) is 0.645. The van der Waals surface area contributed by atoms with Gasteiger partial charge in [0, 0.05) is 0 Å². The van der Waals surface area contributed by atoms with E-state index < -0.39 is 18.2 Å². The first-order valence-electron chi connectivity index (χ1n) is 3.14. The van der Waals surface area contributed by atoms with Gasteiger partial charge in [-0.25, -0.2) is 4.39 Å². The maximum absolute atomic E-state index is 12.7. The molecule has 1 aromatic rings. The minimum Gasteiger partial charge on any atom is -0.388 e. The van der Waals surface area contributed by atoms with Crippen LogP contribution in [0.5, 0.6) is 0 Å². The average Bonchev–Trinajstić information content (AvgIpc) is 2.04. The van der Waals surface area contributed by atoms with Gasteiger partial charge in [-0.1, -0.05) is 12.1 Å². The number of aliphatic hydroxyl groups is 1. The number of carbonyl (C=O) groups is 1. The molecule has 0 saturated carbocycles. The van der Waals surface area contributed by atoms with Crippen LogP contribution in [0.3, 0.4) is 0 Å². The summed E-state index contributed by atoms with van der Waals surface area (Å²) in [6.07, 6.45) is 0. The molecular weight excluding hydrogens is 147 g/mol. The van der Waals surface area contributed by atoms with E-state index in [9.17, 15) is 9.18 Å². The number of Topliss-reactive ketones (excluding diaryl/α,β-unsaturated/α-hetero) is 1. The van der Waals surface area contributed by atoms with E-state index in [1.165, 1.54) is 18.2 Å². The second-order valence-corrected chi connectivity index (χ2v) is 2.06. The number of halogens is 1. The number of carbonyl (C=O) groups excluding carboxylic acids is 1. The predicted octanol–water partition coefficient (Wildman–Crippen LogP) is 1.00. The van der Waals surface area contributed by atoms with Gasteiger partial charge in [-0.2, -0.15) is 0 Å². The maximum atomic E-state index is 12.7. The summed E-state index contributed by atoms with van der Waals surface area (Å²) in [7, 11) is 0. The molecule has 0 atom stereocenters. The zero-order chi connectivity index (χ0) is 8.27. The highest BCUT2D eigenvalue weighted by molar-refractivity contribution is 5.97. The van der Waals surface area contributed by atoms with Gasteiger partial charge in [0.25, 0.3) is 0 Å². The smallest absolute Gasteiger partial charge is 0.191 e. The van der Waals surface area contributed by atoms with Gasteiger partial charge >= 0.3 is 0 Å². The number of rotatable bonds is 2. The fourth-order valence-electron chi connectivity index (χ4n) is 0.773. The van der Waals surface area contributed by atoms with Crippen molar-refractivity contribution in [2.24, 2.45) is 0 Å². The minimum atomic E-state index is -0.652. The Morgan fingerprint density at radius 2 is 2.09 bits per heavy atom. The number of ketones is 1. The van der Waals surface area contributed by atoms with Gasteiger partial charge in [0.15, 0.2) is 5.78 Å². The zero-order valence-electron chi connectivity index (χ0n) is 5.75. The van der Waals surface area contributed by atoms with E-state index in [2.05, 4.69) is 0 Å². The van der Waals surface area contributed by atoms with Gasteiger partial charge in [0.05, 0.1) is 5.56 Å². The van der Waals surface area contributed by atoms with Crippen molar-refractivity contribution in [3.8, 4) is 0 Å². The summed E-state index contributed by atoms with van der Waals surface area (Å²) in [6, 6.07) is 5.56. The molecule has 0 bridgehead atoms. The van der Waals surface area contributed by atoms with Crippen LogP contribution in [0, 0.1) is 5.82 Å². The van der Waals surface area contributed by atoms with Gasteiger partial charge < -0.3 is 5.11 Å². The standard InChI is InChI=1S/C8H7FO2/c9-7-4-2-1-3-6(7)8(11)5-10/h1-4,10H,5H2. The van der Waals surface area contributed by atoms with E-state index in [-0.39, 0.29) is 5.56 Å². The van der Waals surface area contributed by atoms with Crippen molar-refractivity contribution in [3.05, 3.63) is 35.6 Å². The number of aliphatic hydroxyl groups excluding tert-OH is 1. The van der Waals surface area contributed by atoms with Crippen molar-refractivity contribution >= 4 is 5.78 Å². The molecule has 0 radical (unpaired) electrons. The first-order chi connectivity index (χ1) is 5.25. The molecule has 0 aliphatic rings. The van der Waals surface area contributed by atoms with Crippen molar-refractivity contribution < 1.29 is 14.3 Å². The lowest BCUT2D eigenvalue weighted by Gasteiger charge is -1.96. The van der Waals surface area contributed by atoms with Crippen molar-refractivity contribution in [2.75, 3.05) is 6.61 Å². The lowest BCUT2D eigenvalue weighted by atomic mass is 10.1. The minimum absolute atomic E-state index is 0.0602. The van der Waals surface area contributed by atoms with Crippen LogP contribution < -0.4 is 0 Å². The van der Waals surface area contributed by atoms with Crippen LogP contribution in [0.1, 0.15) is 10.4 Å². The summed E-state index contributed by atoms with van der Waals surface area (Å²) in [5.74, 6) is -1.19. The van der Waals surface area contributed by atoms with Gasteiger partial charge in [-0.05, 0) is 12.1 Å². The van der Waals surface area contributed by atoms with Crippen molar-refractivity contribution in [1.29, 1.82) is 0 Å². The molecule has 0 fully saturated rings. The molecule has 0 heterocycles. The van der Waals surface area contributed by atoms with Gasteiger partial charge in [0.1, 0.15) is 12.4 Å². The topological polar surface area (TPSA) is 37.3 Å². The van der Waals surface area contributed by atoms with Crippen LogP contribution in [-0.4, -0.2) is 17.5 Å². The molecule has 1 N–H and O–H groups in total. The molecule has 0 unspecified atom stereocenters. The molecule has 0 aliphatic carbocycles. The molecular formula is C8H7FO2. The van der Waals surface area contributed by atoms with E-state index in [0.29, 0.717) is 0 Å². The summed E-state index contributed by atoms with van der Waals surface area (Å²) in [5.41, 5.74) is -0.0602. The lowest BCUT2D eigenvalue weighted by molar-refractivity contribution is 0.0899. The Morgan fingerprint density at radius 1 is 1.45 bits per heavy atom. The lowest BCUT2D eigenvalue weighted by Crippen LogP contribution is -2.06. The highest BCUT2D eigenvalue weighted by Gasteiger charge is 2.07. The molecule has 0 aliphatic heterocycles. The monoisotopic (exact) mass is 154 g/mol. The Labute approximate surface area is 63.3 Å². The van der Waals surface area contributed by atoms with E-state index >= 15 is 0 Å². The third-order valence-corrected chi connectivity index (χ3v) is 1.32. The van der Waals surface area contributed by atoms with Crippen LogP contribution in [0.2, 0.25) is 0 Å². The van der Waals surface area contributed by atoms with Gasteiger partial charge in [-0.3, -0.25) is 4.79 Å². The Morgan fingerprint density at radius 3 is 2.64 bits per heavy atom. The first-order valence-corrected chi connectivity index (χ1v) is 3.14. The average molecular weight is 154 g/mol. The van der Waals surface area contributed by atoms with E-state index in [0.717, 1.165) is 0 Å². The molecule has 1 rings (SSSR count). The zero-order valence-corrected chi connectivity index (χ0v) is 5.75. The summed E-state index contributed by atoms with van der Waals surface area (Å²) >= 11 is 0. The van der Waals surface area contributed by atoms with Crippen molar-refractivity contribution in [3.63, 3.8) is 0 Å². The molecule has 58 valence electrons. The van der Waals surface area contributed by atoms with E-state index in [1.807, 2.05) is 0 Å². The molecule has 11 heavy (non-hydrogen) atoms. The second kappa shape index (κ2) is 3.25. The third kappa shape index (κ3) is 1.62. The summed E-state index contributed by atoms with van der Waals surface area (Å²) < 4.78 is 12.7. The Kier molecular flexibility index (Phi) is 2.33. The third-order valence-electron chi connectivity index (χ3n) is 1.32. The fourth-order valence-corrected chi connectivity index (χ4v) is 0.773. The van der Waals surface area contributed by atoms with Crippen LogP contribution in [0.25, 0.3) is 0 Å². The van der Waals surface area contributed by atoms with Crippen LogP contribution in [0.4, 0.5) is 4.39 Å². The van der Waals surface area contributed by atoms with E-state index in [4.69, 9.17) is 5.11 Å². The highest BCUT2D eigenvalue weighted by atomic mass is 19.1. The van der Waals surface area contributed by atoms with E-state index in [1.54, 1.807) is 6.07 Å². The Hall–Kier alpha value is -1.22. The molecule has 0 aromatic heterocycles. The van der Waals surface area contributed by atoms with Crippen LogP contribution in [-0.2, 0) is 0 Å². The molecule has 1 aromatic carbocycles. The molecule has 2 nitrogen and oxygen atoms in total. The van der Waals surface area contributed by atoms with Crippen molar-refractivity contribution in [2.45, 2.75) is 0 Å². The number of hydrogen-bond acceptors (Lipinski definition) is 2. The van der Waals surface area contributed by atoms with Crippen LogP contribution in [0.15, 0.2) is 24.3 Å². The molecule has 0 amide bonds. The second-order valence-electron chi connectivity index (χ2n) is 2.06. The van der Waals surface area contributed by atoms with Crippen LogP contribution >= 0.6 is 0 Å². The molecule has 0 saturated heterocycles.